The molecular weight excluding hydrogens is 276 g/mol. The normalized spacial score (nSPS) is 11.9. The maximum absolute atomic E-state index is 12.4. The van der Waals surface area contributed by atoms with Crippen molar-refractivity contribution in [2.45, 2.75) is 26.4 Å². The molecule has 8 heteroatoms. The second-order valence-electron chi connectivity index (χ2n) is 4.27. The minimum Gasteiger partial charge on any atom is -0.467 e. The number of amides is 1. The molecule has 112 valence electrons. The number of furan rings is 1. The quantitative estimate of drug-likeness (QED) is 0.771. The monoisotopic (exact) mass is 292 g/mol. The van der Waals surface area contributed by atoms with Gasteiger partial charge in [0.15, 0.2) is 0 Å². The van der Waals surface area contributed by atoms with Gasteiger partial charge in [0.2, 0.25) is 0 Å². The van der Waals surface area contributed by atoms with Crippen LogP contribution in [0.3, 0.4) is 0 Å². The van der Waals surface area contributed by atoms with Crippen LogP contribution in [-0.2, 0) is 16.1 Å². The summed E-state index contributed by atoms with van der Waals surface area (Å²) in [6.07, 6.45) is 4.30. The Balaban J connectivity index is 2.21. The van der Waals surface area contributed by atoms with Crippen molar-refractivity contribution in [3.05, 3.63) is 36.5 Å². The lowest BCUT2D eigenvalue weighted by molar-refractivity contribution is -0.148. The molecule has 0 aliphatic heterocycles. The van der Waals surface area contributed by atoms with Gasteiger partial charge in [-0.15, -0.1) is 5.10 Å². The lowest BCUT2D eigenvalue weighted by Crippen LogP contribution is -2.45. The van der Waals surface area contributed by atoms with E-state index in [1.54, 1.807) is 26.0 Å². The summed E-state index contributed by atoms with van der Waals surface area (Å²) < 4.78 is 11.2. The molecule has 2 aromatic heterocycles. The van der Waals surface area contributed by atoms with Gasteiger partial charge in [0.05, 0.1) is 31.8 Å². The number of ether oxygens (including phenoxy) is 1. The highest BCUT2D eigenvalue weighted by Crippen LogP contribution is 2.12. The highest BCUT2D eigenvalue weighted by Gasteiger charge is 2.29. The van der Waals surface area contributed by atoms with Crippen molar-refractivity contribution in [1.82, 2.24) is 19.9 Å². The summed E-state index contributed by atoms with van der Waals surface area (Å²) in [5, 5.41) is 7.24. The maximum Gasteiger partial charge on any atom is 0.347 e. The molecule has 0 aromatic carbocycles. The molecule has 2 aromatic rings. The van der Waals surface area contributed by atoms with E-state index in [-0.39, 0.29) is 13.2 Å². The smallest absolute Gasteiger partial charge is 0.347 e. The number of hydrogen-bond acceptors (Lipinski definition) is 6. The zero-order valence-electron chi connectivity index (χ0n) is 11.8. The van der Waals surface area contributed by atoms with E-state index >= 15 is 0 Å². The summed E-state index contributed by atoms with van der Waals surface area (Å²) in [6, 6.07) is 2.18. The number of aromatic nitrogens is 3. The fourth-order valence-electron chi connectivity index (χ4n) is 1.77. The Morgan fingerprint density at radius 2 is 2.33 bits per heavy atom. The van der Waals surface area contributed by atoms with Crippen molar-refractivity contribution in [3.63, 3.8) is 0 Å². The van der Waals surface area contributed by atoms with E-state index in [1.807, 2.05) is 0 Å². The van der Waals surface area contributed by atoms with Crippen LogP contribution in [-0.4, -0.2) is 44.5 Å². The first-order chi connectivity index (χ1) is 10.1. The first kappa shape index (κ1) is 14.8. The summed E-state index contributed by atoms with van der Waals surface area (Å²) in [6.45, 7) is 3.68. The first-order valence-electron chi connectivity index (χ1n) is 6.49. The minimum atomic E-state index is -0.772. The molecule has 1 amide bonds. The molecule has 0 saturated heterocycles. The SMILES string of the molecule is CCOC(=O)C(C)N(Cc1ccco1)C(=O)n1ccnn1. The van der Waals surface area contributed by atoms with E-state index in [4.69, 9.17) is 9.15 Å². The molecule has 0 aliphatic rings. The van der Waals surface area contributed by atoms with Crippen molar-refractivity contribution in [1.29, 1.82) is 0 Å². The molecule has 8 nitrogen and oxygen atoms in total. The molecule has 0 N–H and O–H groups in total. The number of carbonyl (C=O) groups is 2. The Morgan fingerprint density at radius 3 is 2.90 bits per heavy atom. The summed E-state index contributed by atoms with van der Waals surface area (Å²) in [7, 11) is 0. The lowest BCUT2D eigenvalue weighted by Gasteiger charge is -2.26. The van der Waals surface area contributed by atoms with Crippen LogP contribution < -0.4 is 0 Å². The van der Waals surface area contributed by atoms with Crippen LogP contribution in [0, 0.1) is 0 Å². The standard InChI is InChI=1S/C13H16N4O4/c1-3-20-12(18)10(2)16(9-11-5-4-8-21-11)13(19)17-7-6-14-15-17/h4-8,10H,3,9H2,1-2H3. The molecule has 2 heterocycles. The summed E-state index contributed by atoms with van der Waals surface area (Å²) >= 11 is 0. The van der Waals surface area contributed by atoms with E-state index in [1.165, 1.54) is 23.6 Å². The second-order valence-corrected chi connectivity index (χ2v) is 4.27. The van der Waals surface area contributed by atoms with Crippen LogP contribution in [0.15, 0.2) is 35.2 Å². The van der Waals surface area contributed by atoms with Gasteiger partial charge in [0.1, 0.15) is 11.8 Å². The first-order valence-corrected chi connectivity index (χ1v) is 6.49. The second kappa shape index (κ2) is 6.69. The van der Waals surface area contributed by atoms with Crippen molar-refractivity contribution in [2.75, 3.05) is 6.61 Å². The van der Waals surface area contributed by atoms with Crippen LogP contribution in [0.25, 0.3) is 0 Å². The molecule has 1 atom stereocenters. The molecule has 0 bridgehead atoms. The number of esters is 1. The number of rotatable bonds is 5. The third-order valence-electron chi connectivity index (χ3n) is 2.87. The van der Waals surface area contributed by atoms with E-state index in [0.717, 1.165) is 4.68 Å². The minimum absolute atomic E-state index is 0.131. The highest BCUT2D eigenvalue weighted by atomic mass is 16.5. The Hall–Kier alpha value is -2.64. The van der Waals surface area contributed by atoms with Crippen LogP contribution in [0.1, 0.15) is 19.6 Å². The molecule has 0 spiro atoms. The van der Waals surface area contributed by atoms with Gasteiger partial charge >= 0.3 is 12.0 Å². The Bertz CT molecular complexity index is 579. The largest absolute Gasteiger partial charge is 0.467 e. The predicted molar refractivity (Wildman–Crippen MR) is 71.2 cm³/mol. The average molecular weight is 292 g/mol. The fraction of sp³-hybridized carbons (Fsp3) is 0.385. The van der Waals surface area contributed by atoms with Crippen molar-refractivity contribution in [3.8, 4) is 0 Å². The van der Waals surface area contributed by atoms with E-state index < -0.39 is 18.0 Å². The highest BCUT2D eigenvalue weighted by molar-refractivity contribution is 5.84. The van der Waals surface area contributed by atoms with E-state index in [9.17, 15) is 9.59 Å². The fourth-order valence-corrected chi connectivity index (χ4v) is 1.77. The zero-order valence-corrected chi connectivity index (χ0v) is 11.8. The van der Waals surface area contributed by atoms with Gasteiger partial charge in [-0.2, -0.15) is 4.68 Å². The lowest BCUT2D eigenvalue weighted by atomic mass is 10.2. The third-order valence-corrected chi connectivity index (χ3v) is 2.87. The zero-order chi connectivity index (χ0) is 15.2. The Morgan fingerprint density at radius 1 is 1.52 bits per heavy atom. The van der Waals surface area contributed by atoms with Gasteiger partial charge in [-0.3, -0.25) is 0 Å². The predicted octanol–water partition coefficient (Wildman–Crippen LogP) is 1.29. The van der Waals surface area contributed by atoms with Gasteiger partial charge in [-0.25, -0.2) is 9.59 Å². The Labute approximate surface area is 121 Å². The van der Waals surface area contributed by atoms with Crippen molar-refractivity contribution in [2.24, 2.45) is 0 Å². The van der Waals surface area contributed by atoms with Gasteiger partial charge < -0.3 is 14.1 Å². The van der Waals surface area contributed by atoms with Gasteiger partial charge in [0, 0.05) is 0 Å². The number of nitrogens with zero attached hydrogens (tertiary/aromatic N) is 4. The van der Waals surface area contributed by atoms with E-state index in [0.29, 0.717) is 5.76 Å². The summed E-state index contributed by atoms with van der Waals surface area (Å²) in [4.78, 5) is 25.6. The van der Waals surface area contributed by atoms with Crippen LogP contribution in [0.2, 0.25) is 0 Å². The topological polar surface area (TPSA) is 90.5 Å². The molecular formula is C13H16N4O4. The number of hydrogen-bond donors (Lipinski definition) is 0. The van der Waals surface area contributed by atoms with Gasteiger partial charge in [-0.05, 0) is 26.0 Å². The molecule has 21 heavy (non-hydrogen) atoms. The molecule has 0 fully saturated rings. The van der Waals surface area contributed by atoms with Gasteiger partial charge in [-0.1, -0.05) is 5.21 Å². The van der Waals surface area contributed by atoms with E-state index in [2.05, 4.69) is 10.3 Å². The van der Waals surface area contributed by atoms with Crippen LogP contribution >= 0.6 is 0 Å². The maximum atomic E-state index is 12.4. The van der Waals surface area contributed by atoms with Crippen LogP contribution in [0.4, 0.5) is 4.79 Å². The molecule has 0 radical (unpaired) electrons. The third kappa shape index (κ3) is 3.47. The molecule has 0 aliphatic carbocycles. The molecule has 1 unspecified atom stereocenters. The number of carbonyl (C=O) groups excluding carboxylic acids is 2. The van der Waals surface area contributed by atoms with Crippen molar-refractivity contribution < 1.29 is 18.7 Å². The van der Waals surface area contributed by atoms with Gasteiger partial charge in [0.25, 0.3) is 0 Å². The Kier molecular flexibility index (Phi) is 4.70. The summed E-state index contributed by atoms with van der Waals surface area (Å²) in [5.74, 6) is 0.0668. The summed E-state index contributed by atoms with van der Waals surface area (Å²) in [5.41, 5.74) is 0. The molecule has 0 saturated carbocycles. The molecule has 2 rings (SSSR count). The van der Waals surface area contributed by atoms with Crippen LogP contribution in [0.5, 0.6) is 0 Å². The van der Waals surface area contributed by atoms with Crippen molar-refractivity contribution >= 4 is 12.0 Å². The average Bonchev–Trinajstić information content (AvgIpc) is 3.16.